The maximum Gasteiger partial charge on any atom is 0.336 e. The number of aromatic nitrogens is 2. The number of esters is 1. The second-order valence-electron chi connectivity index (χ2n) is 6.93. The summed E-state index contributed by atoms with van der Waals surface area (Å²) < 4.78 is 4.94. The van der Waals surface area contributed by atoms with Crippen molar-refractivity contribution in [3.8, 4) is 0 Å². The molecule has 2 N–H and O–H groups in total. The third-order valence-electron chi connectivity index (χ3n) is 4.48. The fourth-order valence-electron chi connectivity index (χ4n) is 3.55. The number of methoxy groups -OCH3 is 1. The van der Waals surface area contributed by atoms with Gasteiger partial charge in [-0.1, -0.05) is 13.8 Å². The predicted octanol–water partition coefficient (Wildman–Crippen LogP) is 2.19. The van der Waals surface area contributed by atoms with Crippen molar-refractivity contribution < 1.29 is 14.3 Å². The van der Waals surface area contributed by atoms with E-state index in [0.29, 0.717) is 17.6 Å². The second kappa shape index (κ2) is 5.37. The number of H-pyrrole nitrogens is 1. The topological polar surface area (TPSA) is 84.1 Å². The SMILES string of the molecule is COC(=O)C1=C(C)NC2=C(C(=O)CC(C)(C)C2)C1c1cnc[nH]1. The molecule has 1 aromatic rings. The Hall–Kier alpha value is -2.37. The van der Waals surface area contributed by atoms with Crippen LogP contribution >= 0.6 is 0 Å². The maximum absolute atomic E-state index is 12.8. The molecule has 1 aliphatic heterocycles. The lowest BCUT2D eigenvalue weighted by Gasteiger charge is -2.38. The number of dihydropyridines is 1. The van der Waals surface area contributed by atoms with Crippen LogP contribution in [-0.2, 0) is 14.3 Å². The molecule has 0 saturated carbocycles. The zero-order chi connectivity index (χ0) is 16.8. The van der Waals surface area contributed by atoms with Crippen LogP contribution < -0.4 is 5.32 Å². The van der Waals surface area contributed by atoms with Gasteiger partial charge in [0, 0.05) is 35.3 Å². The molecule has 1 aromatic heterocycles. The number of ether oxygens (including phenoxy) is 1. The van der Waals surface area contributed by atoms with Gasteiger partial charge in [-0.25, -0.2) is 9.78 Å². The fraction of sp³-hybridized carbons (Fsp3) is 0.471. The van der Waals surface area contributed by atoms with Crippen LogP contribution in [0.15, 0.2) is 35.1 Å². The minimum atomic E-state index is -0.454. The lowest BCUT2D eigenvalue weighted by atomic mass is 9.69. The average Bonchev–Trinajstić information content (AvgIpc) is 2.97. The van der Waals surface area contributed by atoms with Crippen molar-refractivity contribution in [1.29, 1.82) is 0 Å². The maximum atomic E-state index is 12.8. The molecule has 0 radical (unpaired) electrons. The van der Waals surface area contributed by atoms with Gasteiger partial charge in [-0.05, 0) is 18.8 Å². The van der Waals surface area contributed by atoms with Crippen molar-refractivity contribution in [2.24, 2.45) is 5.41 Å². The molecule has 1 unspecified atom stereocenters. The van der Waals surface area contributed by atoms with Gasteiger partial charge < -0.3 is 15.0 Å². The minimum absolute atomic E-state index is 0.0669. The molecule has 6 heteroatoms. The molecule has 0 amide bonds. The van der Waals surface area contributed by atoms with Gasteiger partial charge in [-0.2, -0.15) is 0 Å². The van der Waals surface area contributed by atoms with Crippen LogP contribution in [0.4, 0.5) is 0 Å². The van der Waals surface area contributed by atoms with Gasteiger partial charge >= 0.3 is 5.97 Å². The van der Waals surface area contributed by atoms with E-state index in [4.69, 9.17) is 4.74 Å². The number of ketones is 1. The Labute approximate surface area is 135 Å². The summed E-state index contributed by atoms with van der Waals surface area (Å²) in [6, 6.07) is 0. The van der Waals surface area contributed by atoms with Crippen LogP contribution in [0.3, 0.4) is 0 Å². The number of allylic oxidation sites excluding steroid dienone is 3. The number of Topliss-reactive ketones (excluding diaryl/α,β-unsaturated/α-hetero) is 1. The number of carbonyl (C=O) groups excluding carboxylic acids is 2. The summed E-state index contributed by atoms with van der Waals surface area (Å²) >= 11 is 0. The standard InChI is InChI=1S/C17H21N3O3/c1-9-13(16(22)23-4)15(11-7-18-8-19-11)14-10(20-9)5-17(2,3)6-12(14)21/h7-8,15,20H,5-6H2,1-4H3,(H,18,19). The molecular weight excluding hydrogens is 294 g/mol. The normalized spacial score (nSPS) is 23.5. The predicted molar refractivity (Wildman–Crippen MR) is 84.2 cm³/mol. The number of hydrogen-bond acceptors (Lipinski definition) is 5. The monoisotopic (exact) mass is 315 g/mol. The van der Waals surface area contributed by atoms with Gasteiger partial charge in [0.25, 0.3) is 0 Å². The zero-order valence-corrected chi connectivity index (χ0v) is 13.8. The Balaban J connectivity index is 2.17. The summed E-state index contributed by atoms with van der Waals surface area (Å²) in [5, 5.41) is 3.26. The van der Waals surface area contributed by atoms with Crippen LogP contribution in [-0.4, -0.2) is 28.8 Å². The largest absolute Gasteiger partial charge is 0.466 e. The molecule has 0 spiro atoms. The Morgan fingerprint density at radius 3 is 2.74 bits per heavy atom. The number of imidazole rings is 1. The van der Waals surface area contributed by atoms with Gasteiger partial charge in [-0.3, -0.25) is 4.79 Å². The molecule has 2 heterocycles. The molecule has 0 fully saturated rings. The number of nitrogens with one attached hydrogen (secondary N) is 2. The molecule has 0 saturated heterocycles. The number of aromatic amines is 1. The molecular formula is C17H21N3O3. The van der Waals surface area contributed by atoms with Crippen LogP contribution in [0.25, 0.3) is 0 Å². The van der Waals surface area contributed by atoms with E-state index in [9.17, 15) is 9.59 Å². The van der Waals surface area contributed by atoms with E-state index >= 15 is 0 Å². The number of hydrogen-bond donors (Lipinski definition) is 2. The molecule has 23 heavy (non-hydrogen) atoms. The van der Waals surface area contributed by atoms with E-state index in [1.54, 1.807) is 12.5 Å². The van der Waals surface area contributed by atoms with Crippen LogP contribution in [0.1, 0.15) is 45.2 Å². The first-order valence-corrected chi connectivity index (χ1v) is 7.64. The van der Waals surface area contributed by atoms with Gasteiger partial charge in [0.1, 0.15) is 0 Å². The van der Waals surface area contributed by atoms with Gasteiger partial charge in [0.2, 0.25) is 0 Å². The third-order valence-corrected chi connectivity index (χ3v) is 4.48. The van der Waals surface area contributed by atoms with E-state index in [-0.39, 0.29) is 11.2 Å². The quantitative estimate of drug-likeness (QED) is 0.817. The van der Waals surface area contributed by atoms with Crippen molar-refractivity contribution in [2.75, 3.05) is 7.11 Å². The molecule has 6 nitrogen and oxygen atoms in total. The summed E-state index contributed by atoms with van der Waals surface area (Å²) in [7, 11) is 1.35. The Morgan fingerprint density at radius 2 is 2.13 bits per heavy atom. The Kier molecular flexibility index (Phi) is 3.62. The Morgan fingerprint density at radius 1 is 1.39 bits per heavy atom. The van der Waals surface area contributed by atoms with Crippen molar-refractivity contribution in [2.45, 2.75) is 39.5 Å². The molecule has 2 aliphatic rings. The highest BCUT2D eigenvalue weighted by Gasteiger charge is 2.43. The summed E-state index contributed by atoms with van der Waals surface area (Å²) in [4.78, 5) is 32.2. The van der Waals surface area contributed by atoms with Gasteiger partial charge in [-0.15, -0.1) is 0 Å². The van der Waals surface area contributed by atoms with Crippen molar-refractivity contribution in [3.63, 3.8) is 0 Å². The van der Waals surface area contributed by atoms with E-state index in [1.165, 1.54) is 7.11 Å². The zero-order valence-electron chi connectivity index (χ0n) is 13.8. The second-order valence-corrected chi connectivity index (χ2v) is 6.93. The van der Waals surface area contributed by atoms with Crippen LogP contribution in [0.5, 0.6) is 0 Å². The molecule has 122 valence electrons. The van der Waals surface area contributed by atoms with E-state index < -0.39 is 11.9 Å². The molecule has 1 aliphatic carbocycles. The van der Waals surface area contributed by atoms with Gasteiger partial charge in [0.05, 0.1) is 24.9 Å². The van der Waals surface area contributed by atoms with Crippen molar-refractivity contribution in [1.82, 2.24) is 15.3 Å². The smallest absolute Gasteiger partial charge is 0.336 e. The molecule has 0 aromatic carbocycles. The molecule has 3 rings (SSSR count). The van der Waals surface area contributed by atoms with Crippen molar-refractivity contribution >= 4 is 11.8 Å². The first kappa shape index (κ1) is 15.5. The summed E-state index contributed by atoms with van der Waals surface area (Å²) in [5.74, 6) is -0.819. The van der Waals surface area contributed by atoms with E-state index in [2.05, 4.69) is 29.1 Å². The van der Waals surface area contributed by atoms with Crippen LogP contribution in [0, 0.1) is 5.41 Å². The third kappa shape index (κ3) is 2.58. The summed E-state index contributed by atoms with van der Waals surface area (Å²) in [6.07, 6.45) is 4.44. The minimum Gasteiger partial charge on any atom is -0.466 e. The molecule has 0 bridgehead atoms. The summed E-state index contributed by atoms with van der Waals surface area (Å²) in [6.45, 7) is 6.00. The van der Waals surface area contributed by atoms with Crippen LogP contribution in [0.2, 0.25) is 0 Å². The van der Waals surface area contributed by atoms with Crippen molar-refractivity contribution in [3.05, 3.63) is 40.8 Å². The summed E-state index contributed by atoms with van der Waals surface area (Å²) in [5.41, 5.74) is 3.37. The number of rotatable bonds is 2. The van der Waals surface area contributed by atoms with Gasteiger partial charge in [0.15, 0.2) is 5.78 Å². The highest BCUT2D eigenvalue weighted by molar-refractivity contribution is 6.04. The van der Waals surface area contributed by atoms with E-state index in [0.717, 1.165) is 23.5 Å². The fourth-order valence-corrected chi connectivity index (χ4v) is 3.55. The number of carbonyl (C=O) groups is 2. The lowest BCUT2D eigenvalue weighted by molar-refractivity contribution is -0.136. The first-order chi connectivity index (χ1) is 10.8. The average molecular weight is 315 g/mol. The molecule has 1 atom stereocenters. The Bertz CT molecular complexity index is 726. The highest BCUT2D eigenvalue weighted by Crippen LogP contribution is 2.46. The lowest BCUT2D eigenvalue weighted by Crippen LogP contribution is -2.38. The number of nitrogens with zero attached hydrogens (tertiary/aromatic N) is 1. The van der Waals surface area contributed by atoms with E-state index in [1.807, 2.05) is 6.92 Å². The highest BCUT2D eigenvalue weighted by atomic mass is 16.5. The first-order valence-electron chi connectivity index (χ1n) is 7.64.